The van der Waals surface area contributed by atoms with Gasteiger partial charge in [0.15, 0.2) is 5.82 Å². The van der Waals surface area contributed by atoms with Gasteiger partial charge >= 0.3 is 0 Å². The van der Waals surface area contributed by atoms with Crippen LogP contribution in [0.2, 0.25) is 0 Å². The fraction of sp³-hybridized carbons (Fsp3) is 0.136. The second kappa shape index (κ2) is 6.44. The van der Waals surface area contributed by atoms with Gasteiger partial charge in [-0.25, -0.2) is 15.0 Å². The maximum atomic E-state index is 4.86. The fourth-order valence-corrected chi connectivity index (χ4v) is 2.98. The first-order valence-corrected chi connectivity index (χ1v) is 8.55. The van der Waals surface area contributed by atoms with E-state index in [1.165, 1.54) is 5.56 Å². The molecule has 3 heteroatoms. The van der Waals surface area contributed by atoms with Crippen LogP contribution in [0.1, 0.15) is 18.2 Å². The van der Waals surface area contributed by atoms with E-state index in [1.807, 2.05) is 43.3 Å². The Morgan fingerprint density at radius 1 is 0.760 bits per heavy atom. The third kappa shape index (κ3) is 3.01. The van der Waals surface area contributed by atoms with Gasteiger partial charge in [-0.1, -0.05) is 55.5 Å². The molecule has 0 N–H and O–H groups in total. The Kier molecular flexibility index (Phi) is 3.98. The van der Waals surface area contributed by atoms with E-state index in [1.54, 1.807) is 0 Å². The highest BCUT2D eigenvalue weighted by Gasteiger charge is 2.12. The van der Waals surface area contributed by atoms with Crippen LogP contribution in [0.15, 0.2) is 66.7 Å². The van der Waals surface area contributed by atoms with Crippen LogP contribution < -0.4 is 0 Å². The summed E-state index contributed by atoms with van der Waals surface area (Å²) in [7, 11) is 0. The molecular formula is C22H19N3. The van der Waals surface area contributed by atoms with Gasteiger partial charge < -0.3 is 0 Å². The summed E-state index contributed by atoms with van der Waals surface area (Å²) in [4.78, 5) is 14.2. The van der Waals surface area contributed by atoms with Gasteiger partial charge in [-0.2, -0.15) is 0 Å². The van der Waals surface area contributed by atoms with Crippen LogP contribution in [0.25, 0.3) is 33.7 Å². The number of aromatic nitrogens is 3. The molecule has 0 spiro atoms. The minimum atomic E-state index is 0.664. The molecule has 0 atom stereocenters. The van der Waals surface area contributed by atoms with Crippen molar-refractivity contribution in [2.24, 2.45) is 0 Å². The Morgan fingerprint density at radius 3 is 2.32 bits per heavy atom. The van der Waals surface area contributed by atoms with E-state index in [2.05, 4.69) is 42.2 Å². The lowest BCUT2D eigenvalue weighted by molar-refractivity contribution is 1.13. The average Bonchev–Trinajstić information content (AvgIpc) is 2.67. The number of fused-ring (bicyclic) bond motifs is 1. The average molecular weight is 325 g/mol. The molecule has 0 fully saturated rings. The molecule has 0 radical (unpaired) electrons. The molecule has 0 aliphatic carbocycles. The van der Waals surface area contributed by atoms with Crippen LogP contribution in [0.5, 0.6) is 0 Å². The van der Waals surface area contributed by atoms with Gasteiger partial charge in [0.2, 0.25) is 0 Å². The molecular weight excluding hydrogens is 306 g/mol. The molecule has 4 aromatic rings. The number of aryl methyl sites for hydroxylation is 2. The molecule has 0 unspecified atom stereocenters. The molecule has 25 heavy (non-hydrogen) atoms. The van der Waals surface area contributed by atoms with Crippen LogP contribution >= 0.6 is 0 Å². The van der Waals surface area contributed by atoms with Crippen molar-refractivity contribution in [3.8, 4) is 22.8 Å². The predicted molar refractivity (Wildman–Crippen MR) is 102 cm³/mol. The quantitative estimate of drug-likeness (QED) is 0.518. The standard InChI is InChI=1S/C22H19N3/c1-3-16-11-13-17(14-12-16)21-18-8-4-5-9-19(18)24-22(25-21)20-10-6-7-15(2)23-20/h4-14H,3H2,1-2H3. The molecule has 0 saturated carbocycles. The number of pyridine rings is 1. The fourth-order valence-electron chi connectivity index (χ4n) is 2.98. The SMILES string of the molecule is CCc1ccc(-c2nc(-c3cccc(C)n3)nc3ccccc23)cc1. The first-order valence-electron chi connectivity index (χ1n) is 8.55. The zero-order valence-corrected chi connectivity index (χ0v) is 14.4. The van der Waals surface area contributed by atoms with Crippen LogP contribution in [0, 0.1) is 6.92 Å². The van der Waals surface area contributed by atoms with Gasteiger partial charge in [0.1, 0.15) is 5.69 Å². The topological polar surface area (TPSA) is 38.7 Å². The first-order chi connectivity index (χ1) is 12.2. The van der Waals surface area contributed by atoms with Crippen LogP contribution in [0.3, 0.4) is 0 Å². The second-order valence-corrected chi connectivity index (χ2v) is 6.13. The maximum absolute atomic E-state index is 4.86. The van der Waals surface area contributed by atoms with E-state index in [0.717, 1.165) is 40.0 Å². The van der Waals surface area contributed by atoms with E-state index in [0.29, 0.717) is 5.82 Å². The zero-order valence-electron chi connectivity index (χ0n) is 14.4. The molecule has 0 saturated heterocycles. The van der Waals surface area contributed by atoms with Crippen molar-refractivity contribution in [2.45, 2.75) is 20.3 Å². The Labute approximate surface area is 147 Å². The third-order valence-corrected chi connectivity index (χ3v) is 4.36. The number of rotatable bonds is 3. The molecule has 0 aliphatic heterocycles. The van der Waals surface area contributed by atoms with Crippen molar-refractivity contribution >= 4 is 10.9 Å². The number of para-hydroxylation sites is 1. The zero-order chi connectivity index (χ0) is 17.2. The summed E-state index contributed by atoms with van der Waals surface area (Å²) in [5, 5.41) is 1.06. The van der Waals surface area contributed by atoms with Crippen molar-refractivity contribution in [1.82, 2.24) is 15.0 Å². The Bertz CT molecular complexity index is 1040. The molecule has 122 valence electrons. The molecule has 0 aliphatic rings. The van der Waals surface area contributed by atoms with Crippen molar-refractivity contribution in [3.05, 3.63) is 78.0 Å². The Hall–Kier alpha value is -3.07. The highest BCUT2D eigenvalue weighted by Crippen LogP contribution is 2.28. The molecule has 3 nitrogen and oxygen atoms in total. The summed E-state index contributed by atoms with van der Waals surface area (Å²) in [6.07, 6.45) is 1.03. The lowest BCUT2D eigenvalue weighted by Crippen LogP contribution is -1.97. The summed E-state index contributed by atoms with van der Waals surface area (Å²) >= 11 is 0. The molecule has 0 bridgehead atoms. The van der Waals surface area contributed by atoms with E-state index in [9.17, 15) is 0 Å². The summed E-state index contributed by atoms with van der Waals surface area (Å²) in [5.74, 6) is 0.664. The number of hydrogen-bond acceptors (Lipinski definition) is 3. The molecule has 0 amide bonds. The molecule has 2 heterocycles. The molecule has 2 aromatic carbocycles. The summed E-state index contributed by atoms with van der Waals surface area (Å²) in [5.41, 5.74) is 6.07. The van der Waals surface area contributed by atoms with E-state index in [4.69, 9.17) is 9.97 Å². The van der Waals surface area contributed by atoms with Crippen molar-refractivity contribution in [1.29, 1.82) is 0 Å². The highest BCUT2D eigenvalue weighted by molar-refractivity contribution is 5.93. The summed E-state index contributed by atoms with van der Waals surface area (Å²) < 4.78 is 0. The van der Waals surface area contributed by atoms with Crippen molar-refractivity contribution in [3.63, 3.8) is 0 Å². The minimum Gasteiger partial charge on any atom is -0.250 e. The number of benzene rings is 2. The normalized spacial score (nSPS) is 11.0. The minimum absolute atomic E-state index is 0.664. The molecule has 2 aromatic heterocycles. The summed E-state index contributed by atoms with van der Waals surface area (Å²) in [6.45, 7) is 4.14. The second-order valence-electron chi connectivity index (χ2n) is 6.13. The predicted octanol–water partition coefficient (Wildman–Crippen LogP) is 5.23. The maximum Gasteiger partial charge on any atom is 0.179 e. The highest BCUT2D eigenvalue weighted by atomic mass is 14.9. The van der Waals surface area contributed by atoms with Gasteiger partial charge in [-0.15, -0.1) is 0 Å². The van der Waals surface area contributed by atoms with Crippen LogP contribution in [0.4, 0.5) is 0 Å². The lowest BCUT2D eigenvalue weighted by Gasteiger charge is -2.09. The summed E-state index contributed by atoms with van der Waals surface area (Å²) in [6, 6.07) is 22.7. The number of hydrogen-bond donors (Lipinski definition) is 0. The van der Waals surface area contributed by atoms with Gasteiger partial charge in [0.25, 0.3) is 0 Å². The van der Waals surface area contributed by atoms with E-state index < -0.39 is 0 Å². The lowest BCUT2D eigenvalue weighted by atomic mass is 10.0. The van der Waals surface area contributed by atoms with Crippen LogP contribution in [-0.4, -0.2) is 15.0 Å². The number of nitrogens with zero attached hydrogens (tertiary/aromatic N) is 3. The van der Waals surface area contributed by atoms with Crippen molar-refractivity contribution < 1.29 is 0 Å². The monoisotopic (exact) mass is 325 g/mol. The van der Waals surface area contributed by atoms with Gasteiger partial charge in [-0.3, -0.25) is 0 Å². The van der Waals surface area contributed by atoms with Crippen molar-refractivity contribution in [2.75, 3.05) is 0 Å². The largest absolute Gasteiger partial charge is 0.250 e. The first kappa shape index (κ1) is 15.5. The van der Waals surface area contributed by atoms with Gasteiger partial charge in [-0.05, 0) is 37.1 Å². The Balaban J connectivity index is 1.95. The van der Waals surface area contributed by atoms with Crippen LogP contribution in [-0.2, 0) is 6.42 Å². The van der Waals surface area contributed by atoms with Gasteiger partial charge in [0, 0.05) is 16.6 Å². The van der Waals surface area contributed by atoms with E-state index in [-0.39, 0.29) is 0 Å². The van der Waals surface area contributed by atoms with E-state index >= 15 is 0 Å². The molecule has 4 rings (SSSR count). The smallest absolute Gasteiger partial charge is 0.179 e. The van der Waals surface area contributed by atoms with Gasteiger partial charge in [0.05, 0.1) is 11.2 Å². The third-order valence-electron chi connectivity index (χ3n) is 4.36. The Morgan fingerprint density at radius 2 is 1.56 bits per heavy atom.